The first kappa shape index (κ1) is 14.8. The Labute approximate surface area is 122 Å². The molecule has 0 aromatic heterocycles. The number of nitrogens with zero attached hydrogens (tertiary/aromatic N) is 2. The fourth-order valence-corrected chi connectivity index (χ4v) is 4.35. The molecule has 0 aromatic rings. The van der Waals surface area contributed by atoms with Gasteiger partial charge in [0, 0.05) is 36.9 Å². The maximum Gasteiger partial charge on any atom is 0.320 e. The Hall–Kier alpha value is -0.560. The van der Waals surface area contributed by atoms with Crippen LogP contribution in [-0.4, -0.2) is 75.6 Å². The first-order chi connectivity index (χ1) is 9.18. The number of aliphatic carboxylic acids is 1. The molecule has 2 aliphatic rings. The minimum Gasteiger partial charge on any atom is -0.481 e. The van der Waals surface area contributed by atoms with Crippen LogP contribution < -0.4 is 0 Å². The lowest BCUT2D eigenvalue weighted by Gasteiger charge is -2.38. The molecule has 1 unspecified atom stereocenters. The molecule has 2 amide bonds. The number of carboxylic acids is 1. The minimum atomic E-state index is -0.822. The molecule has 108 valence electrons. The lowest BCUT2D eigenvalue weighted by molar-refractivity contribution is -0.138. The quantitative estimate of drug-likeness (QED) is 0.836. The predicted octanol–water partition coefficient (Wildman–Crippen LogP) is 1.44. The van der Waals surface area contributed by atoms with Crippen LogP contribution in [0.5, 0.6) is 0 Å². The summed E-state index contributed by atoms with van der Waals surface area (Å²) in [4.78, 5) is 27.1. The van der Waals surface area contributed by atoms with Crippen molar-refractivity contribution < 1.29 is 14.7 Å². The summed E-state index contributed by atoms with van der Waals surface area (Å²) in [7, 11) is 0. The number of hydrogen-bond donors (Lipinski definition) is 1. The lowest BCUT2D eigenvalue weighted by atomic mass is 10.2. The molecular weight excluding hydrogens is 284 g/mol. The molecule has 2 aliphatic heterocycles. The topological polar surface area (TPSA) is 60.9 Å². The second kappa shape index (κ2) is 7.28. The summed E-state index contributed by atoms with van der Waals surface area (Å²) in [6.45, 7) is 2.26. The zero-order chi connectivity index (χ0) is 13.7. The van der Waals surface area contributed by atoms with Gasteiger partial charge in [-0.1, -0.05) is 0 Å². The average molecular weight is 304 g/mol. The van der Waals surface area contributed by atoms with Crippen molar-refractivity contribution in [3.63, 3.8) is 0 Å². The summed E-state index contributed by atoms with van der Waals surface area (Å²) in [5, 5.41) is 8.96. The fraction of sp³-hybridized carbons (Fsp3) is 0.833. The van der Waals surface area contributed by atoms with E-state index in [-0.39, 0.29) is 18.5 Å². The molecular formula is C12H20N2O3S2. The number of rotatable bonds is 2. The van der Waals surface area contributed by atoms with Crippen LogP contribution in [0.4, 0.5) is 4.79 Å². The van der Waals surface area contributed by atoms with Crippen LogP contribution in [0.15, 0.2) is 0 Å². The van der Waals surface area contributed by atoms with Crippen LogP contribution in [0.1, 0.15) is 12.8 Å². The summed E-state index contributed by atoms with van der Waals surface area (Å²) in [6.07, 6.45) is 1.09. The minimum absolute atomic E-state index is 0.0362. The van der Waals surface area contributed by atoms with Gasteiger partial charge in [0.25, 0.3) is 0 Å². The Morgan fingerprint density at radius 3 is 2.68 bits per heavy atom. The van der Waals surface area contributed by atoms with Crippen LogP contribution in [0.25, 0.3) is 0 Å². The molecule has 1 N–H and O–H groups in total. The number of carboxylic acid groups (broad SMARTS) is 1. The van der Waals surface area contributed by atoms with Crippen LogP contribution in [-0.2, 0) is 4.79 Å². The molecule has 0 saturated carbocycles. The summed E-state index contributed by atoms with van der Waals surface area (Å²) >= 11 is 3.62. The van der Waals surface area contributed by atoms with Gasteiger partial charge in [-0.2, -0.15) is 23.5 Å². The molecule has 2 heterocycles. The van der Waals surface area contributed by atoms with Crippen LogP contribution in [0, 0.1) is 0 Å². The molecule has 0 bridgehead atoms. The number of carbonyl (C=O) groups is 2. The largest absolute Gasteiger partial charge is 0.481 e. The maximum atomic E-state index is 12.5. The summed E-state index contributed by atoms with van der Waals surface area (Å²) in [5.41, 5.74) is 0. The van der Waals surface area contributed by atoms with Crippen LogP contribution in [0.3, 0.4) is 0 Å². The van der Waals surface area contributed by atoms with E-state index in [9.17, 15) is 9.59 Å². The first-order valence-electron chi connectivity index (χ1n) is 6.61. The van der Waals surface area contributed by atoms with Gasteiger partial charge in [0.1, 0.15) is 0 Å². The number of carbonyl (C=O) groups excluding carboxylic acids is 1. The zero-order valence-corrected chi connectivity index (χ0v) is 12.5. The van der Waals surface area contributed by atoms with Gasteiger partial charge >= 0.3 is 12.0 Å². The van der Waals surface area contributed by atoms with E-state index in [4.69, 9.17) is 5.11 Å². The number of amides is 2. The van der Waals surface area contributed by atoms with E-state index in [1.165, 1.54) is 0 Å². The second-order valence-electron chi connectivity index (χ2n) is 4.76. The van der Waals surface area contributed by atoms with Crippen molar-refractivity contribution in [3.8, 4) is 0 Å². The Morgan fingerprint density at radius 2 is 1.89 bits per heavy atom. The Balaban J connectivity index is 1.99. The average Bonchev–Trinajstić information content (AvgIpc) is 2.67. The zero-order valence-electron chi connectivity index (χ0n) is 10.9. The van der Waals surface area contributed by atoms with E-state index in [1.54, 1.807) is 16.7 Å². The van der Waals surface area contributed by atoms with Crippen molar-refractivity contribution in [2.45, 2.75) is 18.9 Å². The summed E-state index contributed by atoms with van der Waals surface area (Å²) in [6, 6.07) is -0.117. The van der Waals surface area contributed by atoms with Gasteiger partial charge in [-0.05, 0) is 12.2 Å². The monoisotopic (exact) mass is 304 g/mol. The predicted molar refractivity (Wildman–Crippen MR) is 79.0 cm³/mol. The van der Waals surface area contributed by atoms with Gasteiger partial charge in [-0.15, -0.1) is 0 Å². The van der Waals surface area contributed by atoms with Gasteiger partial charge in [0.2, 0.25) is 0 Å². The molecule has 2 fully saturated rings. The second-order valence-corrected chi connectivity index (χ2v) is 7.13. The Kier molecular flexibility index (Phi) is 5.69. The van der Waals surface area contributed by atoms with Crippen molar-refractivity contribution in [2.75, 3.05) is 42.6 Å². The highest BCUT2D eigenvalue weighted by Crippen LogP contribution is 2.21. The van der Waals surface area contributed by atoms with Crippen molar-refractivity contribution in [1.82, 2.24) is 9.80 Å². The third-order valence-corrected chi connectivity index (χ3v) is 5.52. The van der Waals surface area contributed by atoms with Gasteiger partial charge in [-0.25, -0.2) is 4.79 Å². The summed E-state index contributed by atoms with van der Waals surface area (Å²) < 4.78 is 0. The molecule has 0 aliphatic carbocycles. The standard InChI is InChI=1S/C12H20N2O3S2/c15-11(16)8-10-9-19-7-4-14(10)12(17)13-2-1-5-18-6-3-13/h10H,1-9H2,(H,15,16). The molecule has 0 spiro atoms. The third-order valence-electron chi connectivity index (χ3n) is 3.38. The highest BCUT2D eigenvalue weighted by Gasteiger charge is 2.31. The molecule has 0 radical (unpaired) electrons. The fourth-order valence-electron chi connectivity index (χ4n) is 2.40. The van der Waals surface area contributed by atoms with E-state index in [2.05, 4.69) is 0 Å². The molecule has 2 saturated heterocycles. The van der Waals surface area contributed by atoms with E-state index in [0.717, 1.165) is 42.5 Å². The number of thioether (sulfide) groups is 2. The number of urea groups is 1. The SMILES string of the molecule is O=C(O)CC1CSCCN1C(=O)N1CCCSCC1. The van der Waals surface area contributed by atoms with E-state index < -0.39 is 5.97 Å². The lowest BCUT2D eigenvalue weighted by Crippen LogP contribution is -2.53. The van der Waals surface area contributed by atoms with Gasteiger partial charge < -0.3 is 14.9 Å². The normalized spacial score (nSPS) is 24.9. The highest BCUT2D eigenvalue weighted by atomic mass is 32.2. The molecule has 19 heavy (non-hydrogen) atoms. The van der Waals surface area contributed by atoms with Crippen LogP contribution in [0.2, 0.25) is 0 Å². The van der Waals surface area contributed by atoms with Crippen molar-refractivity contribution in [2.24, 2.45) is 0 Å². The van der Waals surface area contributed by atoms with Gasteiger partial charge in [0.15, 0.2) is 0 Å². The molecule has 2 rings (SSSR count). The van der Waals surface area contributed by atoms with Crippen LogP contribution >= 0.6 is 23.5 Å². The maximum absolute atomic E-state index is 12.5. The first-order valence-corrected chi connectivity index (χ1v) is 8.92. The molecule has 1 atom stereocenters. The third kappa shape index (κ3) is 4.21. The Morgan fingerprint density at radius 1 is 1.11 bits per heavy atom. The molecule has 7 heteroatoms. The molecule has 5 nitrogen and oxygen atoms in total. The van der Waals surface area contributed by atoms with Crippen molar-refractivity contribution in [1.29, 1.82) is 0 Å². The number of hydrogen-bond acceptors (Lipinski definition) is 4. The van der Waals surface area contributed by atoms with Crippen molar-refractivity contribution >= 4 is 35.5 Å². The van der Waals surface area contributed by atoms with Gasteiger partial charge in [0.05, 0.1) is 12.5 Å². The summed E-state index contributed by atoms with van der Waals surface area (Å²) in [5.74, 6) is 2.91. The van der Waals surface area contributed by atoms with E-state index in [0.29, 0.717) is 6.54 Å². The highest BCUT2D eigenvalue weighted by molar-refractivity contribution is 7.99. The smallest absolute Gasteiger partial charge is 0.320 e. The van der Waals surface area contributed by atoms with Gasteiger partial charge in [-0.3, -0.25) is 4.79 Å². The van der Waals surface area contributed by atoms with E-state index in [1.807, 2.05) is 16.7 Å². The molecule has 0 aromatic carbocycles. The van der Waals surface area contributed by atoms with E-state index >= 15 is 0 Å². The Bertz CT molecular complexity index is 333. The van der Waals surface area contributed by atoms with Crippen molar-refractivity contribution in [3.05, 3.63) is 0 Å².